The van der Waals surface area contributed by atoms with Gasteiger partial charge in [-0.1, -0.05) is 158 Å². The summed E-state index contributed by atoms with van der Waals surface area (Å²) in [6, 6.07) is 42.2. The highest BCUT2D eigenvalue weighted by atomic mass is 14.4. The van der Waals surface area contributed by atoms with Crippen LogP contribution in [0.3, 0.4) is 0 Å². The van der Waals surface area contributed by atoms with Gasteiger partial charge >= 0.3 is 0 Å². The van der Waals surface area contributed by atoms with Gasteiger partial charge in [0.25, 0.3) is 0 Å². The topological polar surface area (TPSA) is 0 Å². The maximum Gasteiger partial charge on any atom is 0.0159 e. The summed E-state index contributed by atoms with van der Waals surface area (Å²) < 4.78 is 0. The van der Waals surface area contributed by atoms with E-state index in [4.69, 9.17) is 0 Å². The summed E-state index contributed by atoms with van der Waals surface area (Å²) >= 11 is 0. The van der Waals surface area contributed by atoms with E-state index < -0.39 is 0 Å². The highest BCUT2D eigenvalue weighted by Crippen LogP contribution is 2.49. The Balaban J connectivity index is 0.000000157. The largest absolute Gasteiger partial charge is 0.0776 e. The van der Waals surface area contributed by atoms with Gasteiger partial charge in [0.15, 0.2) is 0 Å². The number of hydrogen-bond donors (Lipinski definition) is 0. The van der Waals surface area contributed by atoms with Crippen LogP contribution in [0.5, 0.6) is 0 Å². The standard InChI is InChI=1S/C20H18.C19H16.2CH4/c1-13-11-12-16-15-7-4-5-9-17(15)20(2,3)18-10-6-8-14(13)19(16)18;1-19(2)16-11-4-3-9-14(16)15-10-5-7-13-8-6-12-17(19)18(13)15;;/h4-12H,1-3H3;3-12H,1-2H3;2*1H4. The molecule has 41 heavy (non-hydrogen) atoms. The van der Waals surface area contributed by atoms with Crippen LogP contribution in [0.2, 0.25) is 0 Å². The predicted octanol–water partition coefficient (Wildman–Crippen LogP) is 11.9. The lowest BCUT2D eigenvalue weighted by atomic mass is 9.68. The van der Waals surface area contributed by atoms with Crippen molar-refractivity contribution in [1.82, 2.24) is 0 Å². The maximum atomic E-state index is 2.34. The summed E-state index contributed by atoms with van der Waals surface area (Å²) in [6.45, 7) is 11.5. The van der Waals surface area contributed by atoms with Gasteiger partial charge < -0.3 is 0 Å². The number of rotatable bonds is 0. The Bertz CT molecular complexity index is 1910. The molecule has 0 N–H and O–H groups in total. The molecule has 2 aliphatic carbocycles. The third kappa shape index (κ3) is 4.04. The summed E-state index contributed by atoms with van der Waals surface area (Å²) in [6.07, 6.45) is 0. The SMILES string of the molecule is C.C.CC1(C)c2ccccc2-c2cccc3cccc1c23.Cc1ccc2c3c(cccc13)C(C)(C)c1ccccc1-2. The summed E-state index contributed by atoms with van der Waals surface area (Å²) in [4.78, 5) is 0. The second kappa shape index (κ2) is 10.0. The van der Waals surface area contributed by atoms with Gasteiger partial charge in [-0.25, -0.2) is 0 Å². The molecule has 6 aromatic rings. The van der Waals surface area contributed by atoms with Gasteiger partial charge in [0.1, 0.15) is 0 Å². The molecule has 0 nitrogen and oxygen atoms in total. The van der Waals surface area contributed by atoms with E-state index in [1.54, 1.807) is 0 Å². The molecule has 0 bridgehead atoms. The second-order valence-corrected chi connectivity index (χ2v) is 12.2. The summed E-state index contributed by atoms with van der Waals surface area (Å²) in [5, 5.41) is 5.60. The van der Waals surface area contributed by atoms with Crippen molar-refractivity contribution in [3.05, 3.63) is 143 Å². The summed E-state index contributed by atoms with van der Waals surface area (Å²) in [5.41, 5.74) is 12.8. The molecule has 0 spiro atoms. The minimum Gasteiger partial charge on any atom is -0.0776 e. The van der Waals surface area contributed by atoms with Crippen LogP contribution in [0.1, 0.15) is 70.4 Å². The van der Waals surface area contributed by atoms with E-state index in [1.807, 2.05) is 0 Å². The van der Waals surface area contributed by atoms with E-state index in [2.05, 4.69) is 150 Å². The van der Waals surface area contributed by atoms with Crippen molar-refractivity contribution in [2.75, 3.05) is 0 Å². The molecular formula is C41H42. The van der Waals surface area contributed by atoms with Crippen molar-refractivity contribution < 1.29 is 0 Å². The van der Waals surface area contributed by atoms with E-state index in [9.17, 15) is 0 Å². The fourth-order valence-corrected chi connectivity index (χ4v) is 7.20. The molecule has 0 aliphatic heterocycles. The van der Waals surface area contributed by atoms with Crippen LogP contribution in [-0.2, 0) is 10.8 Å². The first-order valence-corrected chi connectivity index (χ1v) is 14.0. The third-order valence-corrected chi connectivity index (χ3v) is 9.29. The van der Waals surface area contributed by atoms with Crippen LogP contribution in [-0.4, -0.2) is 0 Å². The van der Waals surface area contributed by atoms with Gasteiger partial charge in [0, 0.05) is 10.8 Å². The molecule has 0 saturated carbocycles. The first-order valence-electron chi connectivity index (χ1n) is 14.0. The van der Waals surface area contributed by atoms with E-state index in [0.717, 1.165) is 0 Å². The van der Waals surface area contributed by atoms with E-state index in [0.29, 0.717) is 0 Å². The molecule has 0 heterocycles. The van der Waals surface area contributed by atoms with Gasteiger partial charge in [-0.3, -0.25) is 0 Å². The third-order valence-electron chi connectivity index (χ3n) is 9.29. The highest BCUT2D eigenvalue weighted by Gasteiger charge is 2.34. The molecule has 0 unspecified atom stereocenters. The first kappa shape index (κ1) is 28.4. The Morgan fingerprint density at radius 2 is 0.829 bits per heavy atom. The molecule has 0 heteroatoms. The monoisotopic (exact) mass is 534 g/mol. The van der Waals surface area contributed by atoms with Crippen molar-refractivity contribution in [2.45, 2.75) is 60.3 Å². The Labute approximate surface area is 246 Å². The zero-order valence-electron chi connectivity index (χ0n) is 23.5. The van der Waals surface area contributed by atoms with Crippen molar-refractivity contribution in [3.8, 4) is 22.3 Å². The summed E-state index contributed by atoms with van der Waals surface area (Å²) in [7, 11) is 0. The minimum absolute atomic E-state index is 0. The van der Waals surface area contributed by atoms with Gasteiger partial charge in [-0.15, -0.1) is 0 Å². The van der Waals surface area contributed by atoms with E-state index in [-0.39, 0.29) is 25.7 Å². The van der Waals surface area contributed by atoms with Crippen molar-refractivity contribution in [1.29, 1.82) is 0 Å². The van der Waals surface area contributed by atoms with Crippen LogP contribution >= 0.6 is 0 Å². The van der Waals surface area contributed by atoms with Gasteiger partial charge in [0.2, 0.25) is 0 Å². The molecule has 2 aliphatic rings. The number of hydrogen-bond acceptors (Lipinski definition) is 0. The molecule has 0 radical (unpaired) electrons. The van der Waals surface area contributed by atoms with Gasteiger partial charge in [0.05, 0.1) is 0 Å². The normalized spacial score (nSPS) is 14.5. The fourth-order valence-electron chi connectivity index (χ4n) is 7.20. The van der Waals surface area contributed by atoms with Gasteiger partial charge in [-0.05, 0) is 78.5 Å². The Morgan fingerprint density at radius 3 is 1.44 bits per heavy atom. The Kier molecular flexibility index (Phi) is 6.94. The molecule has 0 saturated heterocycles. The Morgan fingerprint density at radius 1 is 0.390 bits per heavy atom. The molecule has 8 rings (SSSR count). The first-order chi connectivity index (χ1) is 18.8. The molecule has 0 fully saturated rings. The number of aryl methyl sites for hydroxylation is 1. The number of benzene rings is 6. The molecule has 0 aromatic heterocycles. The predicted molar refractivity (Wildman–Crippen MR) is 181 cm³/mol. The van der Waals surface area contributed by atoms with Gasteiger partial charge in [-0.2, -0.15) is 0 Å². The lowest BCUT2D eigenvalue weighted by Crippen LogP contribution is -2.23. The van der Waals surface area contributed by atoms with Crippen molar-refractivity contribution in [2.24, 2.45) is 0 Å². The highest BCUT2D eigenvalue weighted by molar-refractivity contribution is 6.05. The lowest BCUT2D eigenvalue weighted by Gasteiger charge is -2.35. The summed E-state index contributed by atoms with van der Waals surface area (Å²) in [5.74, 6) is 0. The second-order valence-electron chi connectivity index (χ2n) is 12.2. The fraction of sp³-hybridized carbons (Fsp3) is 0.220. The molecule has 0 amide bonds. The smallest absolute Gasteiger partial charge is 0.0159 e. The quantitative estimate of drug-likeness (QED) is 0.182. The molecule has 0 atom stereocenters. The molecule has 6 aromatic carbocycles. The average molecular weight is 535 g/mol. The maximum absolute atomic E-state index is 2.34. The van der Waals surface area contributed by atoms with Crippen LogP contribution in [0.25, 0.3) is 43.8 Å². The van der Waals surface area contributed by atoms with Crippen LogP contribution < -0.4 is 0 Å². The van der Waals surface area contributed by atoms with E-state index >= 15 is 0 Å². The number of fused-ring (bicyclic) bond motifs is 4. The van der Waals surface area contributed by atoms with Crippen LogP contribution in [0.15, 0.2) is 115 Å². The molecule has 206 valence electrons. The van der Waals surface area contributed by atoms with E-state index in [1.165, 1.54) is 71.6 Å². The Hall–Kier alpha value is -4.16. The zero-order valence-corrected chi connectivity index (χ0v) is 23.5. The van der Waals surface area contributed by atoms with Crippen LogP contribution in [0.4, 0.5) is 0 Å². The van der Waals surface area contributed by atoms with Crippen molar-refractivity contribution >= 4 is 21.5 Å². The van der Waals surface area contributed by atoms with Crippen LogP contribution in [0, 0.1) is 6.92 Å². The average Bonchev–Trinajstić information content (AvgIpc) is 2.96. The lowest BCUT2D eigenvalue weighted by molar-refractivity contribution is 0.645. The van der Waals surface area contributed by atoms with Crippen molar-refractivity contribution in [3.63, 3.8) is 0 Å². The minimum atomic E-state index is 0. The molecular weight excluding hydrogens is 492 g/mol. The zero-order chi connectivity index (χ0) is 26.9.